The van der Waals surface area contributed by atoms with Crippen molar-refractivity contribution in [2.45, 2.75) is 12.5 Å². The summed E-state index contributed by atoms with van der Waals surface area (Å²) < 4.78 is 14.6. The van der Waals surface area contributed by atoms with E-state index in [0.717, 1.165) is 20.8 Å². The van der Waals surface area contributed by atoms with Crippen LogP contribution in [0.5, 0.6) is 0 Å². The van der Waals surface area contributed by atoms with Crippen LogP contribution in [0.2, 0.25) is 4.34 Å². The molecule has 1 aromatic heterocycles. The van der Waals surface area contributed by atoms with Crippen LogP contribution in [0, 0.1) is 5.82 Å². The quantitative estimate of drug-likeness (QED) is 0.836. The van der Waals surface area contributed by atoms with Gasteiger partial charge in [0.1, 0.15) is 5.82 Å². The van der Waals surface area contributed by atoms with E-state index in [1.807, 2.05) is 19.2 Å². The third kappa shape index (κ3) is 3.32. The van der Waals surface area contributed by atoms with Crippen molar-refractivity contribution in [1.82, 2.24) is 5.32 Å². The molecule has 0 radical (unpaired) electrons. The summed E-state index contributed by atoms with van der Waals surface area (Å²) in [7, 11) is 1.91. The van der Waals surface area contributed by atoms with E-state index in [1.165, 1.54) is 17.0 Å². The average molecular weight is 349 g/mol. The second kappa shape index (κ2) is 6.15. The summed E-state index contributed by atoms with van der Waals surface area (Å²) in [6.07, 6.45) is 0.786. The number of hydrogen-bond acceptors (Lipinski definition) is 2. The maximum absolute atomic E-state index is 13.0. The van der Waals surface area contributed by atoms with Crippen LogP contribution in [-0.2, 0) is 6.42 Å². The first kappa shape index (κ1) is 14.0. The average Bonchev–Trinajstić information content (AvgIpc) is 2.75. The first-order chi connectivity index (χ1) is 8.60. The van der Waals surface area contributed by atoms with Gasteiger partial charge in [0, 0.05) is 15.4 Å². The second-order valence-electron chi connectivity index (χ2n) is 3.92. The number of likely N-dealkylation sites (N-methyl/N-ethyl adjacent to an activating group) is 1. The summed E-state index contributed by atoms with van der Waals surface area (Å²) in [6.45, 7) is 0. The van der Waals surface area contributed by atoms with Crippen molar-refractivity contribution < 1.29 is 4.39 Å². The summed E-state index contributed by atoms with van der Waals surface area (Å²) in [5.41, 5.74) is 1.07. The molecule has 0 saturated heterocycles. The summed E-state index contributed by atoms with van der Waals surface area (Å²) in [4.78, 5) is 1.18. The molecule has 0 aliphatic heterocycles. The van der Waals surface area contributed by atoms with E-state index in [2.05, 4.69) is 21.2 Å². The summed E-state index contributed by atoms with van der Waals surface area (Å²) in [6, 6.07) is 8.87. The minimum absolute atomic E-state index is 0.185. The second-order valence-corrected chi connectivity index (χ2v) is 6.52. The van der Waals surface area contributed by atoms with Gasteiger partial charge in [-0.25, -0.2) is 4.39 Å². The van der Waals surface area contributed by atoms with Gasteiger partial charge in [-0.3, -0.25) is 0 Å². The molecule has 0 aliphatic rings. The maximum Gasteiger partial charge on any atom is 0.124 e. The molecule has 2 rings (SSSR count). The van der Waals surface area contributed by atoms with E-state index in [0.29, 0.717) is 0 Å². The Labute approximate surface area is 123 Å². The normalized spacial score (nSPS) is 12.7. The highest BCUT2D eigenvalue weighted by Gasteiger charge is 2.14. The first-order valence-electron chi connectivity index (χ1n) is 5.46. The van der Waals surface area contributed by atoms with Crippen LogP contribution in [0.3, 0.4) is 0 Å². The lowest BCUT2D eigenvalue weighted by Crippen LogP contribution is -2.17. The van der Waals surface area contributed by atoms with Gasteiger partial charge in [-0.2, -0.15) is 0 Å². The van der Waals surface area contributed by atoms with E-state index in [-0.39, 0.29) is 11.9 Å². The lowest BCUT2D eigenvalue weighted by molar-refractivity contribution is 0.596. The molecule has 1 atom stereocenters. The summed E-state index contributed by atoms with van der Waals surface area (Å²) >= 11 is 10.9. The number of benzene rings is 1. The van der Waals surface area contributed by atoms with Gasteiger partial charge in [0.25, 0.3) is 0 Å². The maximum atomic E-state index is 13.0. The van der Waals surface area contributed by atoms with E-state index < -0.39 is 0 Å². The van der Waals surface area contributed by atoms with Crippen molar-refractivity contribution in [3.8, 4) is 0 Å². The topological polar surface area (TPSA) is 12.0 Å². The molecule has 0 amide bonds. The molecular formula is C13H12BrClFNS. The van der Waals surface area contributed by atoms with Crippen LogP contribution >= 0.6 is 38.9 Å². The van der Waals surface area contributed by atoms with Crippen LogP contribution < -0.4 is 5.32 Å². The van der Waals surface area contributed by atoms with Gasteiger partial charge in [-0.05, 0) is 43.3 Å². The molecule has 1 unspecified atom stereocenters. The van der Waals surface area contributed by atoms with Gasteiger partial charge < -0.3 is 5.32 Å². The highest BCUT2D eigenvalue weighted by atomic mass is 79.9. The number of nitrogens with one attached hydrogen (secondary N) is 1. The Morgan fingerprint density at radius 2 is 2.17 bits per heavy atom. The number of hydrogen-bond donors (Lipinski definition) is 1. The lowest BCUT2D eigenvalue weighted by atomic mass is 10.0. The molecule has 0 spiro atoms. The van der Waals surface area contributed by atoms with Gasteiger partial charge in [0.05, 0.1) is 4.34 Å². The Kier molecular flexibility index (Phi) is 4.78. The molecule has 1 nitrogen and oxygen atoms in total. The molecule has 5 heteroatoms. The van der Waals surface area contributed by atoms with Crippen LogP contribution in [0.4, 0.5) is 4.39 Å². The van der Waals surface area contributed by atoms with Gasteiger partial charge in [0.15, 0.2) is 0 Å². The van der Waals surface area contributed by atoms with Crippen molar-refractivity contribution in [2.24, 2.45) is 0 Å². The van der Waals surface area contributed by atoms with Gasteiger partial charge >= 0.3 is 0 Å². The van der Waals surface area contributed by atoms with E-state index >= 15 is 0 Å². The molecule has 0 bridgehead atoms. The van der Waals surface area contributed by atoms with Crippen LogP contribution in [-0.4, -0.2) is 7.05 Å². The zero-order valence-corrected chi connectivity index (χ0v) is 12.9. The predicted molar refractivity (Wildman–Crippen MR) is 78.9 cm³/mol. The monoisotopic (exact) mass is 347 g/mol. The summed E-state index contributed by atoms with van der Waals surface area (Å²) in [5.74, 6) is -0.231. The number of rotatable bonds is 4. The molecule has 2 aromatic rings. The first-order valence-corrected chi connectivity index (χ1v) is 7.45. The Balaban J connectivity index is 2.20. The number of halogens is 3. The number of thiophene rings is 1. The van der Waals surface area contributed by atoms with Crippen molar-refractivity contribution in [3.63, 3.8) is 0 Å². The molecule has 96 valence electrons. The minimum atomic E-state index is -0.231. The van der Waals surface area contributed by atoms with Crippen molar-refractivity contribution in [3.05, 3.63) is 55.4 Å². The van der Waals surface area contributed by atoms with Crippen molar-refractivity contribution >= 4 is 38.9 Å². The molecular weight excluding hydrogens is 337 g/mol. The van der Waals surface area contributed by atoms with E-state index in [1.54, 1.807) is 17.4 Å². The molecule has 0 fully saturated rings. The largest absolute Gasteiger partial charge is 0.312 e. The SMILES string of the molecule is CNC(Cc1ccc(F)cc1Br)c1ccc(Cl)s1. The molecule has 0 aliphatic carbocycles. The van der Waals surface area contributed by atoms with Crippen molar-refractivity contribution in [1.29, 1.82) is 0 Å². The Morgan fingerprint density at radius 3 is 2.72 bits per heavy atom. The zero-order chi connectivity index (χ0) is 13.1. The third-order valence-corrected chi connectivity index (χ3v) is 4.81. The third-order valence-electron chi connectivity index (χ3n) is 2.73. The van der Waals surface area contributed by atoms with Crippen LogP contribution in [0.1, 0.15) is 16.5 Å². The minimum Gasteiger partial charge on any atom is -0.312 e. The Bertz CT molecular complexity index is 544. The molecule has 1 aromatic carbocycles. The van der Waals surface area contributed by atoms with Crippen molar-refractivity contribution in [2.75, 3.05) is 7.05 Å². The zero-order valence-electron chi connectivity index (χ0n) is 9.71. The highest BCUT2D eigenvalue weighted by Crippen LogP contribution is 2.30. The fraction of sp³-hybridized carbons (Fsp3) is 0.231. The highest BCUT2D eigenvalue weighted by molar-refractivity contribution is 9.10. The molecule has 0 saturated carbocycles. The molecule has 18 heavy (non-hydrogen) atoms. The van der Waals surface area contributed by atoms with Gasteiger partial charge in [0.2, 0.25) is 0 Å². The fourth-order valence-corrected chi connectivity index (χ4v) is 3.45. The standard InChI is InChI=1S/C13H12BrClFNS/c1-17-11(12-4-5-13(15)18-12)6-8-2-3-9(16)7-10(8)14/h2-5,7,11,17H,6H2,1H3. The van der Waals surface area contributed by atoms with E-state index in [9.17, 15) is 4.39 Å². The Hall–Kier alpha value is -0.420. The lowest BCUT2D eigenvalue weighted by Gasteiger charge is -2.15. The molecule has 1 heterocycles. The predicted octanol–water partition coefficient (Wildman–Crippen LogP) is 4.81. The van der Waals surface area contributed by atoms with Crippen LogP contribution in [0.15, 0.2) is 34.8 Å². The van der Waals surface area contributed by atoms with Crippen LogP contribution in [0.25, 0.3) is 0 Å². The van der Waals surface area contributed by atoms with E-state index in [4.69, 9.17) is 11.6 Å². The smallest absolute Gasteiger partial charge is 0.124 e. The van der Waals surface area contributed by atoms with Gasteiger partial charge in [-0.15, -0.1) is 11.3 Å². The van der Waals surface area contributed by atoms with Gasteiger partial charge in [-0.1, -0.05) is 33.6 Å². The Morgan fingerprint density at radius 1 is 1.39 bits per heavy atom. The fourth-order valence-electron chi connectivity index (χ4n) is 1.77. The molecule has 1 N–H and O–H groups in total. The summed E-state index contributed by atoms with van der Waals surface area (Å²) in [5, 5.41) is 3.26.